The Hall–Kier alpha value is -2.17. The van der Waals surface area contributed by atoms with Gasteiger partial charge in [-0.15, -0.1) is 0 Å². The maximum atomic E-state index is 15.5. The highest BCUT2D eigenvalue weighted by Gasteiger charge is 2.35. The van der Waals surface area contributed by atoms with Gasteiger partial charge in [-0.3, -0.25) is 9.98 Å². The van der Waals surface area contributed by atoms with E-state index in [1.807, 2.05) is 6.08 Å². The van der Waals surface area contributed by atoms with E-state index < -0.39 is 0 Å². The van der Waals surface area contributed by atoms with E-state index in [0.29, 0.717) is 36.2 Å². The molecule has 1 saturated carbocycles. The lowest BCUT2D eigenvalue weighted by atomic mass is 9.68. The minimum atomic E-state index is -0.0850. The second-order valence-electron chi connectivity index (χ2n) is 7.48. The molecule has 4 aliphatic rings. The number of halogens is 1. The summed E-state index contributed by atoms with van der Waals surface area (Å²) in [6, 6.07) is 0. The monoisotopic (exact) mass is 340 g/mol. The summed E-state index contributed by atoms with van der Waals surface area (Å²) >= 11 is 0. The fourth-order valence-electron chi connectivity index (χ4n) is 4.08. The zero-order valence-electron chi connectivity index (χ0n) is 14.7. The van der Waals surface area contributed by atoms with E-state index in [0.717, 1.165) is 30.0 Å². The van der Waals surface area contributed by atoms with E-state index in [-0.39, 0.29) is 5.83 Å². The third-order valence-electron chi connectivity index (χ3n) is 5.71. The normalized spacial score (nSPS) is 27.0. The van der Waals surface area contributed by atoms with Gasteiger partial charge in [-0.05, 0) is 49.7 Å². The first-order chi connectivity index (χ1) is 12.1. The van der Waals surface area contributed by atoms with Crippen molar-refractivity contribution in [1.82, 2.24) is 5.32 Å². The Kier molecular flexibility index (Phi) is 4.32. The molecular formula is C20H25FN4. The Morgan fingerprint density at radius 3 is 2.80 bits per heavy atom. The summed E-state index contributed by atoms with van der Waals surface area (Å²) in [4.78, 5) is 8.91. The number of nitrogens with one attached hydrogen (secondary N) is 1. The molecule has 0 saturated heterocycles. The number of hydrogen-bond donors (Lipinski definition) is 2. The van der Waals surface area contributed by atoms with Crippen molar-refractivity contribution >= 4 is 11.4 Å². The first-order valence-corrected chi connectivity index (χ1v) is 9.18. The molecule has 1 unspecified atom stereocenters. The number of rotatable bonds is 4. The van der Waals surface area contributed by atoms with Crippen molar-refractivity contribution in [1.29, 1.82) is 0 Å². The molecule has 1 fully saturated rings. The SMILES string of the molecule is CC1=CC(CC2=C(F)C(C3=NC=C(N)NC3)=CCC2C2CCC2)=NC1. The first-order valence-electron chi connectivity index (χ1n) is 9.18. The van der Waals surface area contributed by atoms with Gasteiger partial charge in [0.05, 0.1) is 25.0 Å². The van der Waals surface area contributed by atoms with E-state index in [1.54, 1.807) is 6.20 Å². The van der Waals surface area contributed by atoms with Gasteiger partial charge in [0.15, 0.2) is 0 Å². The summed E-state index contributed by atoms with van der Waals surface area (Å²) in [5.41, 5.74) is 10.3. The van der Waals surface area contributed by atoms with Gasteiger partial charge in [0.2, 0.25) is 0 Å². The van der Waals surface area contributed by atoms with Gasteiger partial charge in [0, 0.05) is 17.7 Å². The third-order valence-corrected chi connectivity index (χ3v) is 5.71. The van der Waals surface area contributed by atoms with E-state index in [9.17, 15) is 0 Å². The molecule has 0 aromatic rings. The van der Waals surface area contributed by atoms with Crippen LogP contribution in [0, 0.1) is 11.8 Å². The lowest BCUT2D eigenvalue weighted by molar-refractivity contribution is 0.227. The van der Waals surface area contributed by atoms with Gasteiger partial charge in [-0.2, -0.15) is 0 Å². The molecular weight excluding hydrogens is 315 g/mol. The van der Waals surface area contributed by atoms with Crippen LogP contribution in [-0.2, 0) is 0 Å². The van der Waals surface area contributed by atoms with Gasteiger partial charge in [-0.1, -0.05) is 18.1 Å². The topological polar surface area (TPSA) is 62.8 Å². The summed E-state index contributed by atoms with van der Waals surface area (Å²) in [6.45, 7) is 3.31. The lowest BCUT2D eigenvalue weighted by Crippen LogP contribution is -2.33. The molecule has 2 heterocycles. The van der Waals surface area contributed by atoms with E-state index in [2.05, 4.69) is 28.3 Å². The smallest absolute Gasteiger partial charge is 0.131 e. The Bertz CT molecular complexity index is 763. The van der Waals surface area contributed by atoms with Crippen LogP contribution in [0.3, 0.4) is 0 Å². The van der Waals surface area contributed by atoms with Crippen molar-refractivity contribution < 1.29 is 4.39 Å². The fourth-order valence-corrected chi connectivity index (χ4v) is 4.08. The minimum Gasteiger partial charge on any atom is -0.384 e. The van der Waals surface area contributed by atoms with Crippen LogP contribution in [0.15, 0.2) is 56.7 Å². The Balaban J connectivity index is 1.65. The van der Waals surface area contributed by atoms with Gasteiger partial charge in [0.1, 0.15) is 11.6 Å². The molecule has 0 amide bonds. The summed E-state index contributed by atoms with van der Waals surface area (Å²) in [5, 5.41) is 3.04. The molecule has 2 aliphatic heterocycles. The molecule has 4 nitrogen and oxygen atoms in total. The predicted molar refractivity (Wildman–Crippen MR) is 100 cm³/mol. The summed E-state index contributed by atoms with van der Waals surface area (Å²) in [7, 11) is 0. The molecule has 132 valence electrons. The molecule has 3 N–H and O–H groups in total. The molecule has 0 aromatic heterocycles. The van der Waals surface area contributed by atoms with Crippen molar-refractivity contribution in [2.24, 2.45) is 27.6 Å². The van der Waals surface area contributed by atoms with Crippen LogP contribution >= 0.6 is 0 Å². The van der Waals surface area contributed by atoms with Crippen LogP contribution in [0.5, 0.6) is 0 Å². The van der Waals surface area contributed by atoms with Crippen LogP contribution in [0.4, 0.5) is 4.39 Å². The first kappa shape index (κ1) is 16.3. The van der Waals surface area contributed by atoms with Crippen LogP contribution in [-0.4, -0.2) is 24.5 Å². The molecule has 0 spiro atoms. The zero-order valence-corrected chi connectivity index (χ0v) is 14.7. The largest absolute Gasteiger partial charge is 0.384 e. The van der Waals surface area contributed by atoms with Crippen LogP contribution in [0.1, 0.15) is 39.0 Å². The van der Waals surface area contributed by atoms with Crippen LogP contribution < -0.4 is 11.1 Å². The number of aliphatic imine (C=N–C) groups is 2. The highest BCUT2D eigenvalue weighted by molar-refractivity contribution is 6.06. The van der Waals surface area contributed by atoms with Crippen molar-refractivity contribution in [3.8, 4) is 0 Å². The van der Waals surface area contributed by atoms with Gasteiger partial charge in [0.25, 0.3) is 0 Å². The molecule has 25 heavy (non-hydrogen) atoms. The number of allylic oxidation sites excluding steroid dienone is 4. The van der Waals surface area contributed by atoms with E-state index in [1.165, 1.54) is 24.8 Å². The average molecular weight is 340 g/mol. The third kappa shape index (κ3) is 3.20. The zero-order chi connectivity index (χ0) is 17.4. The Morgan fingerprint density at radius 2 is 2.20 bits per heavy atom. The standard InChI is InChI=1S/C20H25FN4/c1-12-7-14(23-9-12)8-17-15(13-3-2-4-13)5-6-16(20(17)21)18-10-25-19(22)11-24-18/h6-7,11,13,15,25H,2-5,8-10,22H2,1H3. The van der Waals surface area contributed by atoms with Crippen molar-refractivity contribution in [2.75, 3.05) is 13.1 Å². The van der Waals surface area contributed by atoms with E-state index >= 15 is 4.39 Å². The molecule has 4 rings (SSSR count). The van der Waals surface area contributed by atoms with Gasteiger partial charge >= 0.3 is 0 Å². The van der Waals surface area contributed by atoms with Crippen LogP contribution in [0.2, 0.25) is 0 Å². The fraction of sp³-hybridized carbons (Fsp3) is 0.500. The van der Waals surface area contributed by atoms with Gasteiger partial charge in [-0.25, -0.2) is 4.39 Å². The Labute approximate surface area is 148 Å². The molecule has 0 aromatic carbocycles. The highest BCUT2D eigenvalue weighted by atomic mass is 19.1. The average Bonchev–Trinajstić information content (AvgIpc) is 2.95. The summed E-state index contributed by atoms with van der Waals surface area (Å²) in [5.74, 6) is 1.37. The molecule has 1 atom stereocenters. The minimum absolute atomic E-state index is 0.0850. The van der Waals surface area contributed by atoms with Crippen molar-refractivity contribution in [3.05, 3.63) is 46.7 Å². The second kappa shape index (κ2) is 6.62. The summed E-state index contributed by atoms with van der Waals surface area (Å²) < 4.78 is 15.5. The van der Waals surface area contributed by atoms with Crippen molar-refractivity contribution in [3.63, 3.8) is 0 Å². The highest BCUT2D eigenvalue weighted by Crippen LogP contribution is 2.45. The Morgan fingerprint density at radius 1 is 1.36 bits per heavy atom. The second-order valence-corrected chi connectivity index (χ2v) is 7.48. The van der Waals surface area contributed by atoms with Crippen LogP contribution in [0.25, 0.3) is 0 Å². The van der Waals surface area contributed by atoms with Gasteiger partial charge < -0.3 is 11.1 Å². The molecule has 0 radical (unpaired) electrons. The number of hydrogen-bond acceptors (Lipinski definition) is 4. The quantitative estimate of drug-likeness (QED) is 0.822. The summed E-state index contributed by atoms with van der Waals surface area (Å²) in [6.07, 6.45) is 10.9. The van der Waals surface area contributed by atoms with E-state index in [4.69, 9.17) is 5.73 Å². The maximum Gasteiger partial charge on any atom is 0.131 e. The van der Waals surface area contributed by atoms with Crippen molar-refractivity contribution in [2.45, 2.75) is 39.0 Å². The lowest BCUT2D eigenvalue weighted by Gasteiger charge is -2.37. The predicted octanol–water partition coefficient (Wildman–Crippen LogP) is 3.55. The number of nitrogens with two attached hydrogens (primary N) is 1. The molecule has 5 heteroatoms. The number of nitrogens with zero attached hydrogens (tertiary/aromatic N) is 2. The molecule has 0 bridgehead atoms. The maximum absolute atomic E-state index is 15.5. The molecule has 2 aliphatic carbocycles.